The number of carbonyl (C=O) groups excluding carboxylic acids is 3. The first-order valence-electron chi connectivity index (χ1n) is 12.3. The maximum atomic E-state index is 13.0. The number of alkyl halides is 2. The van der Waals surface area contributed by atoms with Gasteiger partial charge >= 0.3 is 0 Å². The number of hydrogen-bond donors (Lipinski definition) is 3. The van der Waals surface area contributed by atoms with Gasteiger partial charge in [0.2, 0.25) is 11.8 Å². The molecule has 196 valence electrons. The van der Waals surface area contributed by atoms with E-state index in [4.69, 9.17) is 28.6 Å². The van der Waals surface area contributed by atoms with Gasteiger partial charge in [0.15, 0.2) is 5.78 Å². The zero-order chi connectivity index (χ0) is 26.6. The number of ketones is 1. The van der Waals surface area contributed by atoms with Gasteiger partial charge in [-0.15, -0.1) is 23.2 Å². The number of likely N-dealkylation sites (tertiary alicyclic amines) is 1. The molecule has 1 aliphatic heterocycles. The van der Waals surface area contributed by atoms with E-state index in [9.17, 15) is 14.4 Å². The second-order valence-corrected chi connectivity index (χ2v) is 11.0. The predicted molar refractivity (Wildman–Crippen MR) is 142 cm³/mol. The van der Waals surface area contributed by atoms with E-state index >= 15 is 0 Å². The molecule has 37 heavy (non-hydrogen) atoms. The maximum absolute atomic E-state index is 13.0. The molecule has 1 aliphatic carbocycles. The number of aromatic nitrogens is 2. The minimum Gasteiger partial charge on any atom is -0.376 e. The van der Waals surface area contributed by atoms with Crippen LogP contribution in [0.25, 0.3) is 0 Å². The summed E-state index contributed by atoms with van der Waals surface area (Å²) in [4.78, 5) is 47.8. The third kappa shape index (κ3) is 6.84. The lowest BCUT2D eigenvalue weighted by Gasteiger charge is -2.25. The van der Waals surface area contributed by atoms with Crippen LogP contribution in [0.3, 0.4) is 0 Å². The summed E-state index contributed by atoms with van der Waals surface area (Å²) in [7, 11) is 0. The number of hydrogen-bond acceptors (Lipinski definition) is 7. The Balaban J connectivity index is 1.38. The Kier molecular flexibility index (Phi) is 8.44. The molecule has 0 spiro atoms. The van der Waals surface area contributed by atoms with Gasteiger partial charge in [-0.1, -0.05) is 6.07 Å². The van der Waals surface area contributed by atoms with Crippen molar-refractivity contribution in [1.29, 1.82) is 5.41 Å². The largest absolute Gasteiger partial charge is 0.376 e. The molecule has 2 aromatic rings. The fraction of sp³-hybridized carbons (Fsp3) is 0.462. The molecular formula is C26H30Cl2N6O3. The number of rotatable bonds is 11. The average molecular weight is 545 g/mol. The van der Waals surface area contributed by atoms with E-state index in [0.29, 0.717) is 55.8 Å². The fourth-order valence-electron chi connectivity index (χ4n) is 4.46. The highest BCUT2D eigenvalue weighted by Gasteiger charge is 2.51. The number of Topliss-reactive ketones (excluding diaryl/α,β-unsaturated/α-hetero) is 1. The molecular weight excluding hydrogens is 515 g/mol. The van der Waals surface area contributed by atoms with Crippen LogP contribution in [-0.2, 0) is 27.2 Å². The van der Waals surface area contributed by atoms with Crippen molar-refractivity contribution in [2.75, 3.05) is 25.0 Å². The molecule has 1 aromatic carbocycles. The van der Waals surface area contributed by atoms with Crippen LogP contribution >= 0.6 is 23.2 Å². The van der Waals surface area contributed by atoms with Gasteiger partial charge in [0.1, 0.15) is 21.9 Å². The maximum Gasteiger partial charge on any atom is 0.242 e. The van der Waals surface area contributed by atoms with Crippen LogP contribution in [-0.4, -0.2) is 68.2 Å². The SMILES string of the molecule is CC(=O)C(=N)c1cc(CCc2ncccn2)ccc1NCC(=O)N1CCCC1C(=O)NCC1CC1(Cl)Cl. The summed E-state index contributed by atoms with van der Waals surface area (Å²) in [5.74, 6) is -0.0520. The summed E-state index contributed by atoms with van der Waals surface area (Å²) >= 11 is 12.1. The van der Waals surface area contributed by atoms with Crippen LogP contribution in [0, 0.1) is 11.3 Å². The number of anilines is 1. The van der Waals surface area contributed by atoms with Crippen molar-refractivity contribution in [2.24, 2.45) is 5.92 Å². The van der Waals surface area contributed by atoms with Crippen molar-refractivity contribution in [3.05, 3.63) is 53.6 Å². The zero-order valence-corrected chi connectivity index (χ0v) is 22.1. The van der Waals surface area contributed by atoms with E-state index in [-0.39, 0.29) is 35.8 Å². The van der Waals surface area contributed by atoms with Gasteiger partial charge in [0.05, 0.1) is 6.54 Å². The Morgan fingerprint density at radius 1 is 1.19 bits per heavy atom. The van der Waals surface area contributed by atoms with Crippen molar-refractivity contribution in [3.8, 4) is 0 Å². The molecule has 9 nitrogen and oxygen atoms in total. The monoisotopic (exact) mass is 544 g/mol. The third-order valence-electron chi connectivity index (χ3n) is 6.75. The number of amides is 2. The number of halogens is 2. The lowest BCUT2D eigenvalue weighted by molar-refractivity contribution is -0.137. The minimum atomic E-state index is -0.765. The summed E-state index contributed by atoms with van der Waals surface area (Å²) < 4.78 is -0.765. The van der Waals surface area contributed by atoms with Crippen LogP contribution in [0.5, 0.6) is 0 Å². The van der Waals surface area contributed by atoms with Gasteiger partial charge in [-0.25, -0.2) is 9.97 Å². The fourth-order valence-corrected chi connectivity index (χ4v) is 4.98. The van der Waals surface area contributed by atoms with E-state index in [1.807, 2.05) is 6.07 Å². The molecule has 1 aromatic heterocycles. The average Bonchev–Trinajstić information content (AvgIpc) is 3.26. The topological polar surface area (TPSA) is 128 Å². The zero-order valence-electron chi connectivity index (χ0n) is 20.6. The smallest absolute Gasteiger partial charge is 0.242 e. The van der Waals surface area contributed by atoms with Crippen LogP contribution in [0.15, 0.2) is 36.7 Å². The van der Waals surface area contributed by atoms with Gasteiger partial charge in [-0.3, -0.25) is 19.8 Å². The molecule has 2 aliphatic rings. The Hall–Kier alpha value is -3.04. The van der Waals surface area contributed by atoms with Gasteiger partial charge < -0.3 is 15.5 Å². The number of aryl methyl sites for hydroxylation is 2. The summed E-state index contributed by atoms with van der Waals surface area (Å²) in [5, 5.41) is 14.2. The third-order valence-corrected chi connectivity index (χ3v) is 7.67. The highest BCUT2D eigenvalue weighted by atomic mass is 35.5. The van der Waals surface area contributed by atoms with Crippen LogP contribution in [0.4, 0.5) is 5.69 Å². The van der Waals surface area contributed by atoms with Crippen molar-refractivity contribution >= 4 is 52.2 Å². The Morgan fingerprint density at radius 3 is 2.59 bits per heavy atom. The molecule has 1 saturated carbocycles. The van der Waals surface area contributed by atoms with Crippen molar-refractivity contribution in [2.45, 2.75) is 49.4 Å². The highest BCUT2D eigenvalue weighted by Crippen LogP contribution is 2.52. The standard InChI is InChI=1S/C26H30Cl2N6O3/c1-16(35)24(29)19-12-17(6-8-22-30-9-3-10-31-22)5-7-20(19)32-15-23(36)34-11-2-4-21(34)25(37)33-14-18-13-26(18,27)28/h3,5,7,9-10,12,18,21,29,32H,2,4,6,8,11,13-15H2,1H3,(H,33,37). The highest BCUT2D eigenvalue weighted by molar-refractivity contribution is 6.50. The Morgan fingerprint density at radius 2 is 1.92 bits per heavy atom. The summed E-state index contributed by atoms with van der Waals surface area (Å²) in [5.41, 5.74) is 1.73. The number of nitrogens with zero attached hydrogens (tertiary/aromatic N) is 3. The molecule has 1 saturated heterocycles. The molecule has 11 heteroatoms. The molecule has 0 radical (unpaired) electrons. The van der Waals surface area contributed by atoms with Gasteiger partial charge in [0.25, 0.3) is 0 Å². The van der Waals surface area contributed by atoms with Gasteiger partial charge in [-0.05, 0) is 49.4 Å². The lowest BCUT2D eigenvalue weighted by Crippen LogP contribution is -2.48. The lowest BCUT2D eigenvalue weighted by atomic mass is 9.99. The van der Waals surface area contributed by atoms with Crippen molar-refractivity contribution < 1.29 is 14.4 Å². The normalized spacial score (nSPS) is 19.8. The quantitative estimate of drug-likeness (QED) is 0.294. The second kappa shape index (κ2) is 11.6. The molecule has 2 amide bonds. The van der Waals surface area contributed by atoms with Crippen LogP contribution in [0.2, 0.25) is 0 Å². The first kappa shape index (κ1) is 27.0. The van der Waals surface area contributed by atoms with E-state index in [0.717, 1.165) is 12.0 Å². The number of nitrogens with one attached hydrogen (secondary N) is 3. The first-order valence-corrected chi connectivity index (χ1v) is 13.1. The number of carbonyl (C=O) groups is 3. The summed E-state index contributed by atoms with van der Waals surface area (Å²) in [6.45, 7) is 2.17. The summed E-state index contributed by atoms with van der Waals surface area (Å²) in [6.07, 6.45) is 6.61. The minimum absolute atomic E-state index is 0.0326. The molecule has 2 fully saturated rings. The van der Waals surface area contributed by atoms with Gasteiger partial charge in [0, 0.05) is 56.0 Å². The Labute approximate surface area is 225 Å². The van der Waals surface area contributed by atoms with Crippen LogP contribution in [0.1, 0.15) is 43.1 Å². The predicted octanol–water partition coefficient (Wildman–Crippen LogP) is 2.93. The molecule has 2 atom stereocenters. The summed E-state index contributed by atoms with van der Waals surface area (Å²) in [6, 6.07) is 6.68. The van der Waals surface area contributed by atoms with Crippen LogP contribution < -0.4 is 10.6 Å². The van der Waals surface area contributed by atoms with Gasteiger partial charge in [-0.2, -0.15) is 0 Å². The molecule has 0 bridgehead atoms. The first-order chi connectivity index (χ1) is 17.7. The molecule has 4 rings (SSSR count). The van der Waals surface area contributed by atoms with E-state index < -0.39 is 10.4 Å². The van der Waals surface area contributed by atoms with E-state index in [1.165, 1.54) is 6.92 Å². The molecule has 3 N–H and O–H groups in total. The Bertz CT molecular complexity index is 1190. The van der Waals surface area contributed by atoms with Crippen molar-refractivity contribution in [1.82, 2.24) is 20.2 Å². The van der Waals surface area contributed by atoms with E-state index in [2.05, 4.69) is 20.6 Å². The number of benzene rings is 1. The second-order valence-electron chi connectivity index (χ2n) is 9.48. The van der Waals surface area contributed by atoms with E-state index in [1.54, 1.807) is 35.5 Å². The van der Waals surface area contributed by atoms with Crippen molar-refractivity contribution in [3.63, 3.8) is 0 Å². The molecule has 2 unspecified atom stereocenters. The molecule has 2 heterocycles.